The maximum Gasteiger partial charge on any atom is 0.446 e. The molecule has 0 radical (unpaired) electrons. The van der Waals surface area contributed by atoms with Crippen molar-refractivity contribution in [2.45, 2.75) is 0 Å². The zero-order valence-corrected chi connectivity index (χ0v) is 14.7. The van der Waals surface area contributed by atoms with Gasteiger partial charge in [-0.05, 0) is 35.0 Å². The second-order valence-corrected chi connectivity index (χ2v) is 6.52. The summed E-state index contributed by atoms with van der Waals surface area (Å²) in [4.78, 5) is 16.8. The van der Waals surface area contributed by atoms with Gasteiger partial charge in [0, 0.05) is 5.39 Å². The molecule has 0 spiro atoms. The predicted molar refractivity (Wildman–Crippen MR) is 105 cm³/mol. The normalized spacial score (nSPS) is 11.3. The number of nitrogens with zero attached hydrogens (tertiary/aromatic N) is 3. The molecule has 3 aromatic carbocycles. The first-order chi connectivity index (χ1) is 13.2. The van der Waals surface area contributed by atoms with Gasteiger partial charge in [-0.2, -0.15) is 0 Å². The fourth-order valence-electron chi connectivity index (χ4n) is 3.21. The summed E-state index contributed by atoms with van der Waals surface area (Å²) >= 11 is 6.39. The predicted octanol–water partition coefficient (Wildman–Crippen LogP) is 4.85. The lowest BCUT2D eigenvalue weighted by atomic mass is 10.1. The van der Waals surface area contributed by atoms with E-state index in [1.54, 1.807) is 0 Å². The number of fused-ring (bicyclic) bond motifs is 2. The molecular formula is C21H12ClN3O2. The molecule has 5 aromatic rings. The van der Waals surface area contributed by atoms with E-state index in [0.717, 1.165) is 21.7 Å². The van der Waals surface area contributed by atoms with Gasteiger partial charge in [-0.25, -0.2) is 14.3 Å². The topological polar surface area (TPSA) is 60.9 Å². The summed E-state index contributed by atoms with van der Waals surface area (Å²) in [6.45, 7) is 0. The summed E-state index contributed by atoms with van der Waals surface area (Å²) in [7, 11) is 0. The third-order valence-electron chi connectivity index (χ3n) is 4.51. The second-order valence-electron chi connectivity index (χ2n) is 6.16. The molecule has 0 saturated carbocycles. The van der Waals surface area contributed by atoms with Gasteiger partial charge < -0.3 is 0 Å². The molecule has 0 bridgehead atoms. The van der Waals surface area contributed by atoms with Crippen LogP contribution in [0.5, 0.6) is 0 Å². The fourth-order valence-corrected chi connectivity index (χ4v) is 3.44. The highest BCUT2D eigenvalue weighted by Crippen LogP contribution is 2.30. The number of aromatic nitrogens is 3. The summed E-state index contributed by atoms with van der Waals surface area (Å²) in [5.74, 6) is -0.261. The molecular weight excluding hydrogens is 362 g/mol. The number of pyridine rings is 1. The zero-order chi connectivity index (χ0) is 18.4. The van der Waals surface area contributed by atoms with Crippen LogP contribution in [0.25, 0.3) is 38.8 Å². The van der Waals surface area contributed by atoms with Crippen LogP contribution in [0, 0.1) is 0 Å². The van der Waals surface area contributed by atoms with Crippen molar-refractivity contribution in [3.63, 3.8) is 0 Å². The minimum Gasteiger partial charge on any atom is -0.295 e. The van der Waals surface area contributed by atoms with Crippen molar-refractivity contribution in [1.82, 2.24) is 14.7 Å². The summed E-state index contributed by atoms with van der Waals surface area (Å²) in [6.07, 6.45) is 0. The van der Waals surface area contributed by atoms with Gasteiger partial charge in [0.1, 0.15) is 5.15 Å². The Labute approximate surface area is 158 Å². The summed E-state index contributed by atoms with van der Waals surface area (Å²) < 4.78 is 6.36. The molecule has 2 heterocycles. The Balaban J connectivity index is 1.76. The van der Waals surface area contributed by atoms with Crippen molar-refractivity contribution < 1.29 is 4.52 Å². The number of rotatable bonds is 2. The number of benzene rings is 3. The molecule has 6 heteroatoms. The van der Waals surface area contributed by atoms with Gasteiger partial charge in [-0.1, -0.05) is 65.3 Å². The third-order valence-corrected chi connectivity index (χ3v) is 4.80. The molecule has 5 nitrogen and oxygen atoms in total. The molecule has 0 aliphatic rings. The van der Waals surface area contributed by atoms with Crippen LogP contribution in [0.2, 0.25) is 5.15 Å². The minimum absolute atomic E-state index is 0.261. The van der Waals surface area contributed by atoms with E-state index >= 15 is 0 Å². The molecule has 2 aromatic heterocycles. The lowest BCUT2D eigenvalue weighted by molar-refractivity contribution is 0.383. The first kappa shape index (κ1) is 15.8. The number of para-hydroxylation sites is 1. The average molecular weight is 374 g/mol. The molecule has 0 N–H and O–H groups in total. The van der Waals surface area contributed by atoms with Gasteiger partial charge in [0.05, 0.1) is 16.8 Å². The molecule has 0 aliphatic heterocycles. The Hall–Kier alpha value is -3.44. The van der Waals surface area contributed by atoms with Gasteiger partial charge in [-0.15, -0.1) is 0 Å². The highest BCUT2D eigenvalue weighted by Gasteiger charge is 2.19. The first-order valence-corrected chi connectivity index (χ1v) is 8.72. The van der Waals surface area contributed by atoms with Crippen molar-refractivity contribution >= 4 is 33.3 Å². The molecule has 0 atom stereocenters. The Bertz CT molecular complexity index is 1370. The lowest BCUT2D eigenvalue weighted by Gasteiger charge is -2.08. The maximum atomic E-state index is 12.4. The van der Waals surface area contributed by atoms with Gasteiger partial charge in [0.2, 0.25) is 0 Å². The second kappa shape index (κ2) is 6.07. The summed E-state index contributed by atoms with van der Waals surface area (Å²) in [5.41, 5.74) is 1.96. The van der Waals surface area contributed by atoms with Crippen LogP contribution in [0.1, 0.15) is 0 Å². The molecule has 130 valence electrons. The Morgan fingerprint density at radius 1 is 0.852 bits per heavy atom. The first-order valence-electron chi connectivity index (χ1n) is 8.34. The molecule has 27 heavy (non-hydrogen) atoms. The summed E-state index contributed by atoms with van der Waals surface area (Å²) in [6, 6.07) is 23.1. The van der Waals surface area contributed by atoms with Crippen molar-refractivity contribution in [3.8, 4) is 17.1 Å². The minimum atomic E-state index is -0.579. The Morgan fingerprint density at radius 2 is 1.59 bits per heavy atom. The molecule has 0 amide bonds. The van der Waals surface area contributed by atoms with Crippen molar-refractivity contribution in [2.75, 3.05) is 0 Å². The molecule has 0 unspecified atom stereocenters. The van der Waals surface area contributed by atoms with Crippen molar-refractivity contribution in [1.29, 1.82) is 0 Å². The van der Waals surface area contributed by atoms with Crippen LogP contribution in [0.15, 0.2) is 82.1 Å². The van der Waals surface area contributed by atoms with Gasteiger partial charge in [0.25, 0.3) is 0 Å². The molecule has 0 saturated heterocycles. The van der Waals surface area contributed by atoms with Crippen LogP contribution in [0.4, 0.5) is 0 Å². The van der Waals surface area contributed by atoms with E-state index in [-0.39, 0.29) is 5.15 Å². The van der Waals surface area contributed by atoms with Crippen LogP contribution < -0.4 is 5.76 Å². The Kier molecular flexibility index (Phi) is 3.55. The van der Waals surface area contributed by atoms with E-state index < -0.39 is 5.76 Å². The number of hydrogen-bond donors (Lipinski definition) is 0. The fraction of sp³-hybridized carbons (Fsp3) is 0. The van der Waals surface area contributed by atoms with Gasteiger partial charge in [-0.3, -0.25) is 4.52 Å². The van der Waals surface area contributed by atoms with Crippen molar-refractivity contribution in [2.24, 2.45) is 0 Å². The van der Waals surface area contributed by atoms with E-state index in [4.69, 9.17) is 16.1 Å². The van der Waals surface area contributed by atoms with Crippen LogP contribution >= 0.6 is 11.6 Å². The Morgan fingerprint density at radius 3 is 2.44 bits per heavy atom. The van der Waals surface area contributed by atoms with E-state index in [0.29, 0.717) is 17.1 Å². The van der Waals surface area contributed by atoms with Crippen LogP contribution in [-0.2, 0) is 0 Å². The molecule has 0 aliphatic carbocycles. The standard InChI is InChI=1S/C21H12ClN3O2/c22-19-17(12-15-7-3-4-8-18(15)23-19)20-24-27-21(26)25(20)16-10-9-13-5-1-2-6-14(13)11-16/h1-12H. The molecule has 5 rings (SSSR count). The molecule has 0 fully saturated rings. The van der Waals surface area contributed by atoms with E-state index in [2.05, 4.69) is 10.1 Å². The monoisotopic (exact) mass is 373 g/mol. The van der Waals surface area contributed by atoms with Crippen LogP contribution in [0.3, 0.4) is 0 Å². The van der Waals surface area contributed by atoms with Crippen LogP contribution in [-0.4, -0.2) is 14.7 Å². The highest BCUT2D eigenvalue weighted by atomic mass is 35.5. The lowest BCUT2D eigenvalue weighted by Crippen LogP contribution is -2.13. The van der Waals surface area contributed by atoms with Gasteiger partial charge >= 0.3 is 5.76 Å². The smallest absolute Gasteiger partial charge is 0.295 e. The zero-order valence-electron chi connectivity index (χ0n) is 14.0. The highest BCUT2D eigenvalue weighted by molar-refractivity contribution is 6.32. The van der Waals surface area contributed by atoms with E-state index in [1.807, 2.05) is 72.8 Å². The largest absolute Gasteiger partial charge is 0.446 e. The van der Waals surface area contributed by atoms with E-state index in [1.165, 1.54) is 4.57 Å². The maximum absolute atomic E-state index is 12.4. The number of halogens is 1. The number of hydrogen-bond acceptors (Lipinski definition) is 4. The SMILES string of the molecule is O=c1onc(-c2cc3ccccc3nc2Cl)n1-c1ccc2ccccc2c1. The quantitative estimate of drug-likeness (QED) is 0.415. The van der Waals surface area contributed by atoms with Gasteiger partial charge in [0.15, 0.2) is 5.82 Å². The van der Waals surface area contributed by atoms with E-state index in [9.17, 15) is 4.79 Å². The average Bonchev–Trinajstić information content (AvgIpc) is 3.08. The van der Waals surface area contributed by atoms with Crippen molar-refractivity contribution in [3.05, 3.63) is 88.5 Å². The third kappa shape index (κ3) is 2.60. The summed E-state index contributed by atoms with van der Waals surface area (Å²) in [5, 5.41) is 7.21.